The molecule has 0 atom stereocenters. The molecule has 0 aromatic carbocycles. The molecule has 2 aromatic rings. The number of hydrogen-bond donors (Lipinski definition) is 1. The van der Waals surface area contributed by atoms with Gasteiger partial charge in [-0.15, -0.1) is 0 Å². The topological polar surface area (TPSA) is 69.6 Å². The number of hydrogen-bond acceptors (Lipinski definition) is 4. The highest BCUT2D eigenvalue weighted by atomic mass is 15.3. The molecule has 82 valence electrons. The maximum atomic E-state index is 5.75. The molecule has 16 heavy (non-hydrogen) atoms. The molecule has 2 aromatic heterocycles. The molecule has 0 amide bonds. The average molecular weight is 215 g/mol. The van der Waals surface area contributed by atoms with Crippen molar-refractivity contribution in [3.8, 4) is 5.82 Å². The number of pyridine rings is 1. The van der Waals surface area contributed by atoms with Gasteiger partial charge in [0.1, 0.15) is 12.7 Å². The molecule has 3 rings (SSSR count). The van der Waals surface area contributed by atoms with Crippen LogP contribution < -0.4 is 5.73 Å². The maximum absolute atomic E-state index is 5.75. The number of rotatable bonds is 2. The summed E-state index contributed by atoms with van der Waals surface area (Å²) in [6.45, 7) is 0.482. The summed E-state index contributed by atoms with van der Waals surface area (Å²) in [6, 6.07) is 2.16. The standard InChI is InChI=1S/C11H13N5/c12-5-9-4-8-2-1-3-10(8)15-11(9)16-7-13-6-14-16/h4,6-7H,1-3,5,12H2. The highest BCUT2D eigenvalue weighted by Gasteiger charge is 2.16. The molecule has 0 spiro atoms. The summed E-state index contributed by atoms with van der Waals surface area (Å²) in [5.41, 5.74) is 9.30. The Morgan fingerprint density at radius 2 is 2.31 bits per heavy atom. The van der Waals surface area contributed by atoms with Crippen LogP contribution in [0.25, 0.3) is 5.82 Å². The van der Waals surface area contributed by atoms with Crippen LogP contribution in [0, 0.1) is 0 Å². The minimum absolute atomic E-state index is 0.482. The predicted molar refractivity (Wildman–Crippen MR) is 59.1 cm³/mol. The van der Waals surface area contributed by atoms with Gasteiger partial charge >= 0.3 is 0 Å². The number of aromatic nitrogens is 4. The number of aryl methyl sites for hydroxylation is 2. The van der Waals surface area contributed by atoms with Gasteiger partial charge in [0.05, 0.1) is 0 Å². The van der Waals surface area contributed by atoms with Gasteiger partial charge in [0.15, 0.2) is 5.82 Å². The Kier molecular flexibility index (Phi) is 2.18. The minimum atomic E-state index is 0.482. The monoisotopic (exact) mass is 215 g/mol. The zero-order chi connectivity index (χ0) is 11.0. The van der Waals surface area contributed by atoms with Gasteiger partial charge in [-0.1, -0.05) is 0 Å². The van der Waals surface area contributed by atoms with E-state index in [0.29, 0.717) is 6.54 Å². The molecule has 0 aliphatic heterocycles. The number of fused-ring (bicyclic) bond motifs is 1. The summed E-state index contributed by atoms with van der Waals surface area (Å²) in [6.07, 6.45) is 6.53. The Morgan fingerprint density at radius 1 is 1.38 bits per heavy atom. The van der Waals surface area contributed by atoms with Crippen LogP contribution >= 0.6 is 0 Å². The van der Waals surface area contributed by atoms with Gasteiger partial charge in [0.2, 0.25) is 0 Å². The summed E-state index contributed by atoms with van der Waals surface area (Å²) in [4.78, 5) is 8.59. The van der Waals surface area contributed by atoms with Gasteiger partial charge in [0, 0.05) is 17.8 Å². The van der Waals surface area contributed by atoms with Crippen LogP contribution in [0.15, 0.2) is 18.7 Å². The molecule has 1 aliphatic carbocycles. The van der Waals surface area contributed by atoms with Crippen LogP contribution in [-0.4, -0.2) is 19.7 Å². The Balaban J connectivity index is 2.17. The first-order valence-electron chi connectivity index (χ1n) is 5.45. The quantitative estimate of drug-likeness (QED) is 0.796. The lowest BCUT2D eigenvalue weighted by Crippen LogP contribution is -2.09. The Bertz CT molecular complexity index is 503. The molecule has 5 nitrogen and oxygen atoms in total. The predicted octanol–water partition coefficient (Wildman–Crippen LogP) is 0.610. The van der Waals surface area contributed by atoms with Gasteiger partial charge < -0.3 is 5.73 Å². The first kappa shape index (κ1) is 9.47. The summed E-state index contributed by atoms with van der Waals surface area (Å²) in [5, 5.41) is 4.11. The lowest BCUT2D eigenvalue weighted by molar-refractivity contribution is 0.809. The molecule has 0 unspecified atom stereocenters. The largest absolute Gasteiger partial charge is 0.326 e. The summed E-state index contributed by atoms with van der Waals surface area (Å²) in [7, 11) is 0. The van der Waals surface area contributed by atoms with Crippen LogP contribution in [0.1, 0.15) is 23.2 Å². The third kappa shape index (κ3) is 1.40. The molecule has 1 aliphatic rings. The van der Waals surface area contributed by atoms with E-state index in [2.05, 4.69) is 21.1 Å². The van der Waals surface area contributed by atoms with Crippen LogP contribution in [0.5, 0.6) is 0 Å². The molecule has 0 fully saturated rings. The second-order valence-corrected chi connectivity index (χ2v) is 3.97. The van der Waals surface area contributed by atoms with Crippen molar-refractivity contribution >= 4 is 0 Å². The van der Waals surface area contributed by atoms with Crippen molar-refractivity contribution in [2.45, 2.75) is 25.8 Å². The van der Waals surface area contributed by atoms with E-state index in [4.69, 9.17) is 5.73 Å². The lowest BCUT2D eigenvalue weighted by Gasteiger charge is -2.09. The molecule has 0 bridgehead atoms. The fraction of sp³-hybridized carbons (Fsp3) is 0.364. The van der Waals surface area contributed by atoms with Crippen molar-refractivity contribution in [1.82, 2.24) is 19.7 Å². The minimum Gasteiger partial charge on any atom is -0.326 e. The van der Waals surface area contributed by atoms with Gasteiger partial charge in [-0.2, -0.15) is 5.10 Å². The van der Waals surface area contributed by atoms with Gasteiger partial charge in [-0.05, 0) is 30.9 Å². The van der Waals surface area contributed by atoms with E-state index in [-0.39, 0.29) is 0 Å². The van der Waals surface area contributed by atoms with Gasteiger partial charge in [-0.25, -0.2) is 14.6 Å². The van der Waals surface area contributed by atoms with Crippen molar-refractivity contribution in [1.29, 1.82) is 0 Å². The smallest absolute Gasteiger partial charge is 0.159 e. The fourth-order valence-corrected chi connectivity index (χ4v) is 2.17. The summed E-state index contributed by atoms with van der Waals surface area (Å²) < 4.78 is 1.68. The summed E-state index contributed by atoms with van der Waals surface area (Å²) >= 11 is 0. The van der Waals surface area contributed by atoms with E-state index in [1.54, 1.807) is 11.0 Å². The third-order valence-electron chi connectivity index (χ3n) is 2.96. The first-order valence-corrected chi connectivity index (χ1v) is 5.45. The van der Waals surface area contributed by atoms with E-state index in [1.165, 1.54) is 24.0 Å². The SMILES string of the molecule is NCc1cc2c(nc1-n1cncn1)CCC2. The second kappa shape index (κ2) is 3.68. The third-order valence-corrected chi connectivity index (χ3v) is 2.96. The lowest BCUT2D eigenvalue weighted by atomic mass is 10.1. The highest BCUT2D eigenvalue weighted by Crippen LogP contribution is 2.23. The van der Waals surface area contributed by atoms with E-state index in [9.17, 15) is 0 Å². The first-order chi connectivity index (χ1) is 7.88. The molecular formula is C11H13N5. The van der Waals surface area contributed by atoms with E-state index < -0.39 is 0 Å². The summed E-state index contributed by atoms with van der Waals surface area (Å²) in [5.74, 6) is 0.820. The Labute approximate surface area is 93.3 Å². The fourth-order valence-electron chi connectivity index (χ4n) is 2.17. The van der Waals surface area contributed by atoms with Gasteiger partial charge in [-0.3, -0.25) is 0 Å². The van der Waals surface area contributed by atoms with Crippen molar-refractivity contribution in [2.24, 2.45) is 5.73 Å². The zero-order valence-corrected chi connectivity index (χ0v) is 8.93. The van der Waals surface area contributed by atoms with Gasteiger partial charge in [0.25, 0.3) is 0 Å². The van der Waals surface area contributed by atoms with Crippen LogP contribution in [0.2, 0.25) is 0 Å². The maximum Gasteiger partial charge on any atom is 0.159 e. The highest BCUT2D eigenvalue weighted by molar-refractivity contribution is 5.40. The number of nitrogens with two attached hydrogens (primary N) is 1. The van der Waals surface area contributed by atoms with E-state index >= 15 is 0 Å². The van der Waals surface area contributed by atoms with Crippen LogP contribution in [-0.2, 0) is 19.4 Å². The van der Waals surface area contributed by atoms with Crippen LogP contribution in [0.4, 0.5) is 0 Å². The molecule has 2 N–H and O–H groups in total. The molecule has 0 radical (unpaired) electrons. The molecule has 0 saturated heterocycles. The van der Waals surface area contributed by atoms with E-state index in [0.717, 1.165) is 24.2 Å². The van der Waals surface area contributed by atoms with Crippen molar-refractivity contribution in [3.63, 3.8) is 0 Å². The normalized spacial score (nSPS) is 14.1. The molecular weight excluding hydrogens is 202 g/mol. The van der Waals surface area contributed by atoms with Crippen molar-refractivity contribution in [2.75, 3.05) is 0 Å². The Morgan fingerprint density at radius 3 is 3.06 bits per heavy atom. The zero-order valence-electron chi connectivity index (χ0n) is 8.93. The van der Waals surface area contributed by atoms with Crippen molar-refractivity contribution in [3.05, 3.63) is 35.5 Å². The Hall–Kier alpha value is -1.75. The van der Waals surface area contributed by atoms with E-state index in [1.807, 2.05) is 0 Å². The molecule has 5 heteroatoms. The van der Waals surface area contributed by atoms with Crippen LogP contribution in [0.3, 0.4) is 0 Å². The van der Waals surface area contributed by atoms with Crippen molar-refractivity contribution < 1.29 is 0 Å². The second-order valence-electron chi connectivity index (χ2n) is 3.97. The number of nitrogens with zero attached hydrogens (tertiary/aromatic N) is 4. The molecule has 2 heterocycles. The average Bonchev–Trinajstić information content (AvgIpc) is 2.97. The molecule has 0 saturated carbocycles.